The molecule has 2 aromatic heterocycles. The maximum atomic E-state index is 16.6. The standard InChI is InChI=1S/C27H24ClF2N5O3S/c1-3-13-10-12(6-8-37-13)35-7-9-38-23-19-22(33-27(36-2)34-26(19)35)21(30)18(20(23)28)14-4-5-16(29)24-17(14)15(11-31)25(32)39-24/h4-5,12-13H,3,6-10,32H2,1-2H3. The second kappa shape index (κ2) is 9.93. The number of aromatic nitrogens is 2. The molecule has 2 aliphatic heterocycles. The van der Waals surface area contributed by atoms with Crippen LogP contribution in [0.5, 0.6) is 11.8 Å². The lowest BCUT2D eigenvalue weighted by Gasteiger charge is -2.37. The summed E-state index contributed by atoms with van der Waals surface area (Å²) >= 11 is 7.83. The molecule has 0 radical (unpaired) electrons. The molecule has 1 saturated heterocycles. The number of nitrogens with zero attached hydrogens (tertiary/aromatic N) is 4. The Labute approximate surface area is 231 Å². The van der Waals surface area contributed by atoms with Gasteiger partial charge in [-0.15, -0.1) is 11.3 Å². The van der Waals surface area contributed by atoms with Crippen molar-refractivity contribution in [1.29, 1.82) is 5.26 Å². The van der Waals surface area contributed by atoms with Crippen molar-refractivity contribution in [2.75, 3.05) is 37.5 Å². The lowest BCUT2D eigenvalue weighted by atomic mass is 9.96. The Balaban J connectivity index is 1.65. The van der Waals surface area contributed by atoms with Crippen LogP contribution in [-0.4, -0.2) is 49.0 Å². The van der Waals surface area contributed by atoms with Crippen LogP contribution in [0, 0.1) is 23.0 Å². The van der Waals surface area contributed by atoms with Crippen molar-refractivity contribution in [2.24, 2.45) is 0 Å². The molecule has 39 heavy (non-hydrogen) atoms. The summed E-state index contributed by atoms with van der Waals surface area (Å²) in [6, 6.07) is 4.69. The zero-order valence-corrected chi connectivity index (χ0v) is 22.8. The summed E-state index contributed by atoms with van der Waals surface area (Å²) in [7, 11) is 1.42. The maximum absolute atomic E-state index is 16.6. The largest absolute Gasteiger partial charge is 0.489 e. The summed E-state index contributed by atoms with van der Waals surface area (Å²) in [5, 5.41) is 10.4. The topological polar surface area (TPSA) is 107 Å². The number of anilines is 2. The highest BCUT2D eigenvalue weighted by Crippen LogP contribution is 2.51. The fourth-order valence-electron chi connectivity index (χ4n) is 5.55. The van der Waals surface area contributed by atoms with Gasteiger partial charge in [0.15, 0.2) is 11.6 Å². The normalized spacial score (nSPS) is 19.1. The zero-order chi connectivity index (χ0) is 27.4. The number of halogens is 3. The second-order valence-electron chi connectivity index (χ2n) is 9.46. The summed E-state index contributed by atoms with van der Waals surface area (Å²) in [5.41, 5.74) is 6.20. The van der Waals surface area contributed by atoms with E-state index in [9.17, 15) is 9.65 Å². The Hall–Kier alpha value is -3.46. The highest BCUT2D eigenvalue weighted by atomic mass is 35.5. The van der Waals surface area contributed by atoms with E-state index in [-0.39, 0.29) is 72.8 Å². The van der Waals surface area contributed by atoms with Crippen LogP contribution in [0.1, 0.15) is 31.7 Å². The van der Waals surface area contributed by atoms with Crippen LogP contribution in [-0.2, 0) is 4.74 Å². The number of hydrogen-bond acceptors (Lipinski definition) is 9. The minimum Gasteiger partial charge on any atom is -0.489 e. The van der Waals surface area contributed by atoms with Gasteiger partial charge in [0.1, 0.15) is 34.8 Å². The minimum absolute atomic E-state index is 0.0108. The third-order valence-corrected chi connectivity index (χ3v) is 8.80. The predicted molar refractivity (Wildman–Crippen MR) is 147 cm³/mol. The van der Waals surface area contributed by atoms with Gasteiger partial charge in [-0.25, -0.2) is 8.78 Å². The molecule has 202 valence electrons. The van der Waals surface area contributed by atoms with Crippen molar-refractivity contribution in [3.8, 4) is 29.0 Å². The first kappa shape index (κ1) is 25.8. The first-order valence-corrected chi connectivity index (χ1v) is 13.8. The number of methoxy groups -OCH3 is 1. The van der Waals surface area contributed by atoms with Gasteiger partial charge >= 0.3 is 6.01 Å². The van der Waals surface area contributed by atoms with E-state index >= 15 is 4.39 Å². The van der Waals surface area contributed by atoms with E-state index in [4.69, 9.17) is 31.5 Å². The van der Waals surface area contributed by atoms with E-state index in [0.29, 0.717) is 24.4 Å². The first-order chi connectivity index (χ1) is 18.9. The van der Waals surface area contributed by atoms with Crippen LogP contribution >= 0.6 is 22.9 Å². The number of nitrogens with two attached hydrogens (primary N) is 1. The van der Waals surface area contributed by atoms with E-state index in [1.165, 1.54) is 19.2 Å². The molecule has 4 heterocycles. The minimum atomic E-state index is -0.758. The summed E-state index contributed by atoms with van der Waals surface area (Å²) in [4.78, 5) is 11.1. The third-order valence-electron chi connectivity index (χ3n) is 7.41. The van der Waals surface area contributed by atoms with Crippen molar-refractivity contribution < 1.29 is 23.0 Å². The van der Waals surface area contributed by atoms with Crippen LogP contribution in [0.4, 0.5) is 19.6 Å². The van der Waals surface area contributed by atoms with Crippen LogP contribution in [0.15, 0.2) is 12.1 Å². The number of thiophene rings is 1. The molecular weight excluding hydrogens is 548 g/mol. The number of nitrogen functional groups attached to an aromatic ring is 1. The average molecular weight is 572 g/mol. The summed E-state index contributed by atoms with van der Waals surface area (Å²) < 4.78 is 48.9. The summed E-state index contributed by atoms with van der Waals surface area (Å²) in [5.74, 6) is -0.629. The molecule has 0 spiro atoms. The fraction of sp³-hybridized carbons (Fsp3) is 0.370. The third kappa shape index (κ3) is 4.01. The molecule has 2 N–H and O–H groups in total. The lowest BCUT2D eigenvalue weighted by Crippen LogP contribution is -2.44. The Morgan fingerprint density at radius 1 is 1.28 bits per heavy atom. The molecule has 1 fully saturated rings. The quantitative estimate of drug-likeness (QED) is 0.315. The number of hydrogen-bond donors (Lipinski definition) is 1. The monoisotopic (exact) mass is 571 g/mol. The summed E-state index contributed by atoms with van der Waals surface area (Å²) in [6.07, 6.45) is 2.56. The average Bonchev–Trinajstić information content (AvgIpc) is 3.17. The van der Waals surface area contributed by atoms with Gasteiger partial charge in [0.25, 0.3) is 0 Å². The van der Waals surface area contributed by atoms with Crippen LogP contribution < -0.4 is 20.1 Å². The van der Waals surface area contributed by atoms with Gasteiger partial charge in [-0.2, -0.15) is 15.2 Å². The Morgan fingerprint density at radius 2 is 2.10 bits per heavy atom. The molecule has 8 nitrogen and oxygen atoms in total. The number of fused-ring (bicyclic) bond motifs is 1. The molecule has 4 aromatic rings. The van der Waals surface area contributed by atoms with E-state index in [0.717, 1.165) is 30.6 Å². The molecule has 6 rings (SSSR count). The predicted octanol–water partition coefficient (Wildman–Crippen LogP) is 6.06. The van der Waals surface area contributed by atoms with Gasteiger partial charge in [-0.05, 0) is 30.9 Å². The number of benzene rings is 2. The molecule has 12 heteroatoms. The molecular formula is C27H24ClF2N5O3S. The van der Waals surface area contributed by atoms with Gasteiger partial charge in [-0.3, -0.25) is 0 Å². The Morgan fingerprint density at radius 3 is 2.85 bits per heavy atom. The van der Waals surface area contributed by atoms with Crippen molar-refractivity contribution in [3.63, 3.8) is 0 Å². The molecule has 0 bridgehead atoms. The molecule has 2 atom stereocenters. The fourth-order valence-corrected chi connectivity index (χ4v) is 6.83. The highest BCUT2D eigenvalue weighted by Gasteiger charge is 2.35. The van der Waals surface area contributed by atoms with Gasteiger partial charge in [0.2, 0.25) is 0 Å². The lowest BCUT2D eigenvalue weighted by molar-refractivity contribution is 0.00448. The number of ether oxygens (including phenoxy) is 3. The van der Waals surface area contributed by atoms with Gasteiger partial charge < -0.3 is 24.8 Å². The smallest absolute Gasteiger partial charge is 0.318 e. The van der Waals surface area contributed by atoms with E-state index in [2.05, 4.69) is 21.8 Å². The Kier molecular flexibility index (Phi) is 6.57. The van der Waals surface area contributed by atoms with E-state index < -0.39 is 11.6 Å². The molecule has 2 aromatic carbocycles. The van der Waals surface area contributed by atoms with Crippen molar-refractivity contribution in [1.82, 2.24) is 9.97 Å². The van der Waals surface area contributed by atoms with Gasteiger partial charge in [-0.1, -0.05) is 24.6 Å². The maximum Gasteiger partial charge on any atom is 0.318 e. The highest BCUT2D eigenvalue weighted by molar-refractivity contribution is 7.23. The molecule has 0 saturated carbocycles. The Bertz CT molecular complexity index is 1670. The zero-order valence-electron chi connectivity index (χ0n) is 21.2. The first-order valence-electron chi connectivity index (χ1n) is 12.6. The van der Waals surface area contributed by atoms with Crippen molar-refractivity contribution in [3.05, 3.63) is 34.4 Å². The van der Waals surface area contributed by atoms with Crippen LogP contribution in [0.3, 0.4) is 0 Å². The molecule has 0 aliphatic carbocycles. The van der Waals surface area contributed by atoms with E-state index in [1.54, 1.807) is 0 Å². The van der Waals surface area contributed by atoms with Crippen LogP contribution in [0.2, 0.25) is 5.02 Å². The second-order valence-corrected chi connectivity index (χ2v) is 10.9. The van der Waals surface area contributed by atoms with Gasteiger partial charge in [0, 0.05) is 23.6 Å². The van der Waals surface area contributed by atoms with Crippen LogP contribution in [0.25, 0.3) is 32.1 Å². The number of nitriles is 1. The number of rotatable bonds is 4. The van der Waals surface area contributed by atoms with Gasteiger partial charge in [0.05, 0.1) is 40.4 Å². The van der Waals surface area contributed by atoms with Crippen molar-refractivity contribution >= 4 is 54.7 Å². The molecule has 0 amide bonds. The summed E-state index contributed by atoms with van der Waals surface area (Å²) in [6.45, 7) is 3.44. The molecule has 2 aliphatic rings. The van der Waals surface area contributed by atoms with E-state index in [1.807, 2.05) is 6.07 Å². The van der Waals surface area contributed by atoms with Crippen molar-refractivity contribution in [2.45, 2.75) is 38.3 Å². The molecule has 2 unspecified atom stereocenters. The SMILES string of the molecule is CCC1CC(N2CCOc3c(Cl)c(-c4ccc(F)c5sc(N)c(C#N)c45)c(F)c4nc(OC)nc2c34)CCO1.